The largest absolute Gasteiger partial charge is 0.492 e. The summed E-state index contributed by atoms with van der Waals surface area (Å²) in [6.07, 6.45) is 1.81. The van der Waals surface area contributed by atoms with E-state index in [2.05, 4.69) is 4.57 Å². The van der Waals surface area contributed by atoms with Gasteiger partial charge in [0.25, 0.3) is 11.1 Å². The second-order valence-electron chi connectivity index (χ2n) is 7.49. The molecule has 4 rings (SSSR count). The maximum absolute atomic E-state index is 12.8. The Morgan fingerprint density at radius 2 is 1.68 bits per heavy atom. The Labute approximate surface area is 186 Å². The molecule has 0 spiro atoms. The topological polar surface area (TPSA) is 51.5 Å². The van der Waals surface area contributed by atoms with Gasteiger partial charge < -0.3 is 9.30 Å². The van der Waals surface area contributed by atoms with E-state index in [1.54, 1.807) is 0 Å². The monoisotopic (exact) mass is 432 g/mol. The first kappa shape index (κ1) is 21.0. The highest BCUT2D eigenvalue weighted by molar-refractivity contribution is 8.18. The Morgan fingerprint density at radius 3 is 2.39 bits per heavy atom. The van der Waals surface area contributed by atoms with Gasteiger partial charge in [0.05, 0.1) is 11.4 Å². The molecule has 1 fully saturated rings. The van der Waals surface area contributed by atoms with E-state index in [0.717, 1.165) is 45.7 Å². The van der Waals surface area contributed by atoms with Crippen LogP contribution in [0.2, 0.25) is 0 Å². The molecule has 0 saturated carbocycles. The summed E-state index contributed by atoms with van der Waals surface area (Å²) in [5, 5.41) is -0.263. The lowest BCUT2D eigenvalue weighted by Gasteiger charge is -2.13. The molecule has 6 heteroatoms. The Hall–Kier alpha value is -3.25. The number of rotatable bonds is 6. The van der Waals surface area contributed by atoms with Gasteiger partial charge in [0, 0.05) is 17.1 Å². The van der Waals surface area contributed by atoms with Gasteiger partial charge in [-0.15, -0.1) is 0 Å². The fourth-order valence-corrected chi connectivity index (χ4v) is 4.49. The summed E-state index contributed by atoms with van der Waals surface area (Å²) < 4.78 is 7.83. The van der Waals surface area contributed by atoms with Crippen LogP contribution in [0.25, 0.3) is 11.8 Å². The lowest BCUT2D eigenvalue weighted by Crippen LogP contribution is -2.32. The molecular weight excluding hydrogens is 408 g/mol. The molecule has 2 amide bonds. The quantitative estimate of drug-likeness (QED) is 0.482. The highest BCUT2D eigenvalue weighted by Gasteiger charge is 2.35. The molecule has 0 radical (unpaired) electrons. The van der Waals surface area contributed by atoms with Gasteiger partial charge in [-0.25, -0.2) is 0 Å². The fourth-order valence-electron chi connectivity index (χ4n) is 3.63. The van der Waals surface area contributed by atoms with Crippen molar-refractivity contribution in [2.75, 3.05) is 13.2 Å². The molecular formula is C25H24N2O3S. The number of hydrogen-bond donors (Lipinski definition) is 0. The van der Waals surface area contributed by atoms with Gasteiger partial charge in [-0.1, -0.05) is 35.9 Å². The molecule has 1 aromatic heterocycles. The van der Waals surface area contributed by atoms with Crippen molar-refractivity contribution in [1.82, 2.24) is 9.47 Å². The second kappa shape index (κ2) is 8.86. The lowest BCUT2D eigenvalue weighted by atomic mass is 10.2. The summed E-state index contributed by atoms with van der Waals surface area (Å²) in [5.41, 5.74) is 5.25. The summed E-state index contributed by atoms with van der Waals surface area (Å²) in [7, 11) is 0. The molecule has 158 valence electrons. The zero-order chi connectivity index (χ0) is 22.0. The molecule has 2 heterocycles. The summed E-state index contributed by atoms with van der Waals surface area (Å²) in [5.74, 6) is 0.452. The van der Waals surface area contributed by atoms with Crippen LogP contribution in [0.3, 0.4) is 0 Å². The average Bonchev–Trinajstić information content (AvgIpc) is 3.19. The van der Waals surface area contributed by atoms with Gasteiger partial charge in [0.1, 0.15) is 12.4 Å². The van der Waals surface area contributed by atoms with Crippen molar-refractivity contribution in [3.8, 4) is 11.4 Å². The van der Waals surface area contributed by atoms with Gasteiger partial charge in [0.15, 0.2) is 0 Å². The number of para-hydroxylation sites is 1. The van der Waals surface area contributed by atoms with Crippen molar-refractivity contribution in [3.63, 3.8) is 0 Å². The smallest absolute Gasteiger partial charge is 0.293 e. The summed E-state index contributed by atoms with van der Waals surface area (Å²) in [6.45, 7) is 6.54. The zero-order valence-corrected chi connectivity index (χ0v) is 18.6. The van der Waals surface area contributed by atoms with Crippen molar-refractivity contribution in [1.29, 1.82) is 0 Å². The van der Waals surface area contributed by atoms with Crippen LogP contribution >= 0.6 is 11.8 Å². The van der Waals surface area contributed by atoms with Gasteiger partial charge in [-0.3, -0.25) is 14.5 Å². The van der Waals surface area contributed by atoms with Crippen molar-refractivity contribution in [2.24, 2.45) is 0 Å². The standard InChI is InChI=1S/C25H24N2O3S/c1-17-9-11-22(12-10-17)30-14-13-26-24(28)23(31-25(26)29)16-20-15-18(2)27(19(20)3)21-7-5-4-6-8-21/h4-12,15-16H,13-14H2,1-3H3/b23-16-. The van der Waals surface area contributed by atoms with Crippen LogP contribution in [0.15, 0.2) is 65.6 Å². The van der Waals surface area contributed by atoms with Crippen LogP contribution < -0.4 is 4.74 Å². The molecule has 0 atom stereocenters. The van der Waals surface area contributed by atoms with E-state index in [1.807, 2.05) is 87.5 Å². The predicted molar refractivity (Wildman–Crippen MR) is 125 cm³/mol. The SMILES string of the molecule is Cc1ccc(OCCN2C(=O)S/C(=C\c3cc(C)n(-c4ccccc4)c3C)C2=O)cc1. The molecule has 1 aliphatic rings. The molecule has 0 aliphatic carbocycles. The van der Waals surface area contributed by atoms with E-state index >= 15 is 0 Å². The van der Waals surface area contributed by atoms with Crippen LogP contribution in [0.4, 0.5) is 4.79 Å². The molecule has 3 aromatic rings. The molecule has 0 bridgehead atoms. The number of benzene rings is 2. The van der Waals surface area contributed by atoms with Gasteiger partial charge in [0.2, 0.25) is 0 Å². The van der Waals surface area contributed by atoms with Gasteiger partial charge in [-0.05, 0) is 74.5 Å². The normalized spacial score (nSPS) is 15.2. The molecule has 0 unspecified atom stereocenters. The van der Waals surface area contributed by atoms with Crippen molar-refractivity contribution in [3.05, 3.63) is 88.1 Å². The zero-order valence-electron chi connectivity index (χ0n) is 17.8. The average molecular weight is 433 g/mol. The number of amides is 2. The minimum absolute atomic E-state index is 0.221. The van der Waals surface area contributed by atoms with E-state index in [0.29, 0.717) is 4.91 Å². The van der Waals surface area contributed by atoms with Crippen LogP contribution in [0.1, 0.15) is 22.5 Å². The number of hydrogen-bond acceptors (Lipinski definition) is 4. The van der Waals surface area contributed by atoms with Crippen LogP contribution in [-0.4, -0.2) is 33.8 Å². The van der Waals surface area contributed by atoms with E-state index < -0.39 is 0 Å². The first-order valence-corrected chi connectivity index (χ1v) is 10.9. The third-order valence-corrected chi connectivity index (χ3v) is 6.16. The van der Waals surface area contributed by atoms with Crippen LogP contribution in [-0.2, 0) is 4.79 Å². The molecule has 2 aromatic carbocycles. The molecule has 5 nitrogen and oxygen atoms in total. The van der Waals surface area contributed by atoms with E-state index in [1.165, 1.54) is 4.90 Å². The maximum Gasteiger partial charge on any atom is 0.293 e. The summed E-state index contributed by atoms with van der Waals surface area (Å²) in [4.78, 5) is 26.9. The fraction of sp³-hybridized carbons (Fsp3) is 0.200. The number of ether oxygens (including phenoxy) is 1. The second-order valence-corrected chi connectivity index (χ2v) is 8.49. The lowest BCUT2D eigenvalue weighted by molar-refractivity contribution is -0.123. The number of carbonyl (C=O) groups excluding carboxylic acids is 2. The first-order chi connectivity index (χ1) is 14.9. The minimum Gasteiger partial charge on any atom is -0.492 e. The van der Waals surface area contributed by atoms with Crippen molar-refractivity contribution < 1.29 is 14.3 Å². The molecule has 0 N–H and O–H groups in total. The van der Waals surface area contributed by atoms with Gasteiger partial charge in [-0.2, -0.15) is 0 Å². The number of aromatic nitrogens is 1. The highest BCUT2D eigenvalue weighted by atomic mass is 32.2. The third-order valence-electron chi connectivity index (χ3n) is 5.25. The number of nitrogens with zero attached hydrogens (tertiary/aromatic N) is 2. The third kappa shape index (κ3) is 4.44. The Morgan fingerprint density at radius 1 is 0.968 bits per heavy atom. The van der Waals surface area contributed by atoms with Crippen LogP contribution in [0.5, 0.6) is 5.75 Å². The van der Waals surface area contributed by atoms with Crippen molar-refractivity contribution in [2.45, 2.75) is 20.8 Å². The van der Waals surface area contributed by atoms with Gasteiger partial charge >= 0.3 is 0 Å². The molecule has 1 aliphatic heterocycles. The number of carbonyl (C=O) groups is 2. The number of thioether (sulfide) groups is 1. The number of imide groups is 1. The maximum atomic E-state index is 12.8. The van der Waals surface area contributed by atoms with E-state index in [9.17, 15) is 9.59 Å². The first-order valence-electron chi connectivity index (χ1n) is 10.1. The Kier molecular flexibility index (Phi) is 6.00. The van der Waals surface area contributed by atoms with E-state index in [4.69, 9.17) is 4.74 Å². The summed E-state index contributed by atoms with van der Waals surface area (Å²) >= 11 is 0.978. The predicted octanol–water partition coefficient (Wildman–Crippen LogP) is 5.52. The Balaban J connectivity index is 1.48. The number of aryl methyl sites for hydroxylation is 2. The highest BCUT2D eigenvalue weighted by Crippen LogP contribution is 2.33. The minimum atomic E-state index is -0.271. The van der Waals surface area contributed by atoms with Crippen molar-refractivity contribution >= 4 is 29.0 Å². The van der Waals surface area contributed by atoms with Crippen LogP contribution in [0, 0.1) is 20.8 Å². The Bertz CT molecular complexity index is 1150. The summed E-state index contributed by atoms with van der Waals surface area (Å²) in [6, 6.07) is 19.8. The molecule has 1 saturated heterocycles. The molecule has 31 heavy (non-hydrogen) atoms. The van der Waals surface area contributed by atoms with E-state index in [-0.39, 0.29) is 24.3 Å².